The lowest BCUT2D eigenvalue weighted by Crippen LogP contribution is -2.36. The maximum absolute atomic E-state index is 12.5. The summed E-state index contributed by atoms with van der Waals surface area (Å²) in [6.45, 7) is 12.5. The molecule has 1 fully saturated rings. The van der Waals surface area contributed by atoms with Crippen LogP contribution in [-0.2, 0) is 16.1 Å². The summed E-state index contributed by atoms with van der Waals surface area (Å²) in [5.41, 5.74) is 2.03. The Kier molecular flexibility index (Phi) is 6.13. The number of nitrogens with zero attached hydrogens (tertiary/aromatic N) is 2. The zero-order chi connectivity index (χ0) is 16.9. The number of hydrogen-bond donors (Lipinski definition) is 1. The molecule has 1 N–H and O–H groups in total. The SMILES string of the molecule is CCC(C)(CC)C(=O)Nc1cc(CN2CCOCC2)c(C)cn1. The van der Waals surface area contributed by atoms with Crippen LogP contribution in [0.4, 0.5) is 5.82 Å². The molecule has 0 spiro atoms. The number of carbonyl (C=O) groups is 1. The molecular formula is C18H29N3O2. The molecule has 23 heavy (non-hydrogen) atoms. The van der Waals surface area contributed by atoms with Gasteiger partial charge in [0.2, 0.25) is 5.91 Å². The van der Waals surface area contributed by atoms with Crippen LogP contribution in [-0.4, -0.2) is 42.1 Å². The summed E-state index contributed by atoms with van der Waals surface area (Å²) in [5, 5.41) is 3.00. The number of amides is 1. The van der Waals surface area contributed by atoms with E-state index in [1.165, 1.54) is 5.56 Å². The highest BCUT2D eigenvalue weighted by atomic mass is 16.5. The number of aryl methyl sites for hydroxylation is 1. The molecule has 1 aromatic heterocycles. The molecule has 0 bridgehead atoms. The van der Waals surface area contributed by atoms with E-state index < -0.39 is 0 Å². The minimum absolute atomic E-state index is 0.0520. The van der Waals surface area contributed by atoms with E-state index in [1.807, 2.05) is 19.2 Å². The summed E-state index contributed by atoms with van der Waals surface area (Å²) in [6.07, 6.45) is 3.49. The Labute approximate surface area is 139 Å². The van der Waals surface area contributed by atoms with E-state index in [4.69, 9.17) is 4.74 Å². The topological polar surface area (TPSA) is 54.5 Å². The van der Waals surface area contributed by atoms with Crippen molar-refractivity contribution in [2.24, 2.45) is 5.41 Å². The molecule has 2 heterocycles. The van der Waals surface area contributed by atoms with Crippen LogP contribution >= 0.6 is 0 Å². The fourth-order valence-corrected chi connectivity index (χ4v) is 2.64. The lowest BCUT2D eigenvalue weighted by molar-refractivity contribution is -0.125. The summed E-state index contributed by atoms with van der Waals surface area (Å²) < 4.78 is 5.40. The number of anilines is 1. The van der Waals surface area contributed by atoms with Crippen molar-refractivity contribution in [3.63, 3.8) is 0 Å². The van der Waals surface area contributed by atoms with Gasteiger partial charge in [-0.25, -0.2) is 4.98 Å². The Balaban J connectivity index is 2.08. The van der Waals surface area contributed by atoms with Gasteiger partial charge < -0.3 is 10.1 Å². The van der Waals surface area contributed by atoms with Crippen molar-refractivity contribution < 1.29 is 9.53 Å². The largest absolute Gasteiger partial charge is 0.379 e. The second-order valence-corrected chi connectivity index (χ2v) is 6.61. The molecule has 0 unspecified atom stereocenters. The van der Waals surface area contributed by atoms with Crippen LogP contribution < -0.4 is 5.32 Å². The highest BCUT2D eigenvalue weighted by Gasteiger charge is 2.29. The van der Waals surface area contributed by atoms with Crippen molar-refractivity contribution in [2.75, 3.05) is 31.6 Å². The number of morpholine rings is 1. The zero-order valence-corrected chi connectivity index (χ0v) is 14.8. The molecule has 0 aliphatic carbocycles. The summed E-state index contributed by atoms with van der Waals surface area (Å²) in [6, 6.07) is 2.01. The molecule has 0 saturated carbocycles. The molecular weight excluding hydrogens is 290 g/mol. The molecule has 1 amide bonds. The third-order valence-corrected chi connectivity index (χ3v) is 5.06. The molecule has 2 rings (SSSR count). The molecule has 0 atom stereocenters. The van der Waals surface area contributed by atoms with E-state index in [0.29, 0.717) is 5.82 Å². The predicted octanol–water partition coefficient (Wildman–Crippen LogP) is 2.99. The van der Waals surface area contributed by atoms with E-state index in [9.17, 15) is 4.79 Å². The van der Waals surface area contributed by atoms with Crippen molar-refractivity contribution in [1.29, 1.82) is 0 Å². The van der Waals surface area contributed by atoms with Gasteiger partial charge in [0.1, 0.15) is 5.82 Å². The first-order valence-electron chi connectivity index (χ1n) is 8.55. The maximum Gasteiger partial charge on any atom is 0.231 e. The van der Waals surface area contributed by atoms with E-state index in [-0.39, 0.29) is 11.3 Å². The van der Waals surface area contributed by atoms with Gasteiger partial charge in [0, 0.05) is 31.2 Å². The van der Waals surface area contributed by atoms with Crippen molar-refractivity contribution in [2.45, 2.75) is 47.1 Å². The van der Waals surface area contributed by atoms with Gasteiger partial charge in [-0.3, -0.25) is 9.69 Å². The first kappa shape index (κ1) is 17.9. The lowest BCUT2D eigenvalue weighted by atomic mass is 9.84. The smallest absolute Gasteiger partial charge is 0.231 e. The normalized spacial score (nSPS) is 16.3. The minimum Gasteiger partial charge on any atom is -0.379 e. The summed E-state index contributed by atoms with van der Waals surface area (Å²) in [5.74, 6) is 0.702. The number of ether oxygens (including phenoxy) is 1. The fraction of sp³-hybridized carbons (Fsp3) is 0.667. The van der Waals surface area contributed by atoms with Gasteiger partial charge in [0.05, 0.1) is 13.2 Å². The number of carbonyl (C=O) groups excluding carboxylic acids is 1. The molecule has 5 heteroatoms. The number of aromatic nitrogens is 1. The first-order chi connectivity index (χ1) is 11.0. The van der Waals surface area contributed by atoms with E-state index >= 15 is 0 Å². The third kappa shape index (κ3) is 4.52. The monoisotopic (exact) mass is 319 g/mol. The molecule has 128 valence electrons. The van der Waals surface area contributed by atoms with Crippen LogP contribution in [0.25, 0.3) is 0 Å². The van der Waals surface area contributed by atoms with Gasteiger partial charge in [-0.2, -0.15) is 0 Å². The Bertz CT molecular complexity index is 535. The van der Waals surface area contributed by atoms with Crippen molar-refractivity contribution in [1.82, 2.24) is 9.88 Å². The third-order valence-electron chi connectivity index (χ3n) is 5.06. The molecule has 1 aliphatic heterocycles. The Morgan fingerprint density at radius 3 is 2.61 bits per heavy atom. The van der Waals surface area contributed by atoms with Gasteiger partial charge >= 0.3 is 0 Å². The summed E-state index contributed by atoms with van der Waals surface area (Å²) in [4.78, 5) is 19.3. The Hall–Kier alpha value is -1.46. The van der Waals surface area contributed by atoms with Gasteiger partial charge in [-0.1, -0.05) is 20.8 Å². The standard InChI is InChI=1S/C18H29N3O2/c1-5-18(4,6-2)17(22)20-16-11-15(14(3)12-19-16)13-21-7-9-23-10-8-21/h11-12H,5-10,13H2,1-4H3,(H,19,20,22). The average Bonchev–Trinajstić information content (AvgIpc) is 2.58. The maximum atomic E-state index is 12.5. The summed E-state index contributed by atoms with van der Waals surface area (Å²) in [7, 11) is 0. The second-order valence-electron chi connectivity index (χ2n) is 6.61. The zero-order valence-electron chi connectivity index (χ0n) is 14.8. The number of nitrogens with one attached hydrogen (secondary N) is 1. The Morgan fingerprint density at radius 1 is 1.35 bits per heavy atom. The number of pyridine rings is 1. The molecule has 1 saturated heterocycles. The highest BCUT2D eigenvalue weighted by molar-refractivity contribution is 5.94. The van der Waals surface area contributed by atoms with Crippen molar-refractivity contribution >= 4 is 11.7 Å². The molecule has 5 nitrogen and oxygen atoms in total. The second kappa shape index (κ2) is 7.88. The van der Waals surface area contributed by atoms with E-state index in [2.05, 4.69) is 36.0 Å². The van der Waals surface area contributed by atoms with Crippen LogP contribution in [0.15, 0.2) is 12.3 Å². The molecule has 1 aliphatic rings. The predicted molar refractivity (Wildman–Crippen MR) is 92.4 cm³/mol. The quantitative estimate of drug-likeness (QED) is 0.876. The fourth-order valence-electron chi connectivity index (χ4n) is 2.64. The van der Waals surface area contributed by atoms with Gasteiger partial charge in [0.15, 0.2) is 0 Å². The van der Waals surface area contributed by atoms with Gasteiger partial charge in [-0.15, -0.1) is 0 Å². The van der Waals surface area contributed by atoms with Gasteiger partial charge in [0.25, 0.3) is 0 Å². The molecule has 0 aromatic carbocycles. The lowest BCUT2D eigenvalue weighted by Gasteiger charge is -2.27. The summed E-state index contributed by atoms with van der Waals surface area (Å²) >= 11 is 0. The van der Waals surface area contributed by atoms with Crippen LogP contribution in [0, 0.1) is 12.3 Å². The van der Waals surface area contributed by atoms with Crippen LogP contribution in [0.5, 0.6) is 0 Å². The van der Waals surface area contributed by atoms with Crippen molar-refractivity contribution in [3.05, 3.63) is 23.4 Å². The Morgan fingerprint density at radius 2 is 2.00 bits per heavy atom. The van der Waals surface area contributed by atoms with Crippen LogP contribution in [0.1, 0.15) is 44.7 Å². The van der Waals surface area contributed by atoms with E-state index in [0.717, 1.165) is 51.3 Å². The molecule has 1 aromatic rings. The van der Waals surface area contributed by atoms with Crippen LogP contribution in [0.2, 0.25) is 0 Å². The number of hydrogen-bond acceptors (Lipinski definition) is 4. The average molecular weight is 319 g/mol. The molecule has 0 radical (unpaired) electrons. The number of rotatable bonds is 6. The van der Waals surface area contributed by atoms with E-state index in [1.54, 1.807) is 0 Å². The first-order valence-corrected chi connectivity index (χ1v) is 8.55. The van der Waals surface area contributed by atoms with Crippen molar-refractivity contribution in [3.8, 4) is 0 Å². The van der Waals surface area contributed by atoms with Gasteiger partial charge in [-0.05, 0) is 37.0 Å². The minimum atomic E-state index is -0.336. The highest BCUT2D eigenvalue weighted by Crippen LogP contribution is 2.27. The van der Waals surface area contributed by atoms with Crippen LogP contribution in [0.3, 0.4) is 0 Å².